The van der Waals surface area contributed by atoms with Gasteiger partial charge in [0.2, 0.25) is 0 Å². The van der Waals surface area contributed by atoms with Crippen LogP contribution in [0.5, 0.6) is 0 Å². The molecule has 0 atom stereocenters. The van der Waals surface area contributed by atoms with Crippen molar-refractivity contribution in [1.82, 2.24) is 15.5 Å². The highest BCUT2D eigenvalue weighted by atomic mass is 79.9. The Labute approximate surface area is 128 Å². The number of nitrogens with one attached hydrogen (secondary N) is 1. The van der Waals surface area contributed by atoms with Gasteiger partial charge in [0.15, 0.2) is 0 Å². The normalized spacial score (nSPS) is 16.9. The van der Waals surface area contributed by atoms with Crippen molar-refractivity contribution in [3.8, 4) is 0 Å². The Bertz CT molecular complexity index is 510. The predicted molar refractivity (Wildman–Crippen MR) is 77.7 cm³/mol. The Hall–Kier alpha value is -0.690. The van der Waals surface area contributed by atoms with Crippen LogP contribution >= 0.6 is 31.9 Å². The van der Waals surface area contributed by atoms with E-state index in [4.69, 9.17) is 4.74 Å². The summed E-state index contributed by atoms with van der Waals surface area (Å²) in [6.45, 7) is 5.52. The van der Waals surface area contributed by atoms with Gasteiger partial charge in [-0.2, -0.15) is 0 Å². The molecule has 1 heterocycles. The van der Waals surface area contributed by atoms with E-state index in [9.17, 15) is 4.79 Å². The first-order valence-electron chi connectivity index (χ1n) is 5.92. The van der Waals surface area contributed by atoms with E-state index < -0.39 is 11.7 Å². The van der Waals surface area contributed by atoms with Crippen molar-refractivity contribution in [2.75, 3.05) is 0 Å². The van der Waals surface area contributed by atoms with E-state index in [1.807, 2.05) is 26.8 Å². The number of aromatic nitrogens is 2. The number of ether oxygens (including phenoxy) is 1. The molecule has 2 rings (SSSR count). The topological polar surface area (TPSA) is 64.1 Å². The van der Waals surface area contributed by atoms with Crippen molar-refractivity contribution in [3.63, 3.8) is 0 Å². The average Bonchev–Trinajstić information content (AvgIpc) is 2.99. The zero-order chi connectivity index (χ0) is 14.3. The fraction of sp³-hybridized carbons (Fsp3) is 0.583. The molecular formula is C12H15Br2N3O2. The third-order valence-electron chi connectivity index (χ3n) is 2.72. The maximum Gasteiger partial charge on any atom is 0.408 e. The molecule has 1 aromatic heterocycles. The van der Waals surface area contributed by atoms with Gasteiger partial charge in [-0.1, -0.05) is 0 Å². The molecule has 5 nitrogen and oxygen atoms in total. The van der Waals surface area contributed by atoms with Crippen LogP contribution in [0.2, 0.25) is 0 Å². The summed E-state index contributed by atoms with van der Waals surface area (Å²) in [5, 5.41) is 10.8. The second-order valence-corrected chi connectivity index (χ2v) is 7.14. The largest absolute Gasteiger partial charge is 0.444 e. The van der Waals surface area contributed by atoms with Crippen LogP contribution in [0, 0.1) is 0 Å². The lowest BCUT2D eigenvalue weighted by Crippen LogP contribution is -2.39. The molecule has 1 saturated carbocycles. The van der Waals surface area contributed by atoms with Crippen molar-refractivity contribution in [3.05, 3.63) is 20.8 Å². The molecule has 7 heteroatoms. The Kier molecular flexibility index (Phi) is 3.88. The van der Waals surface area contributed by atoms with Crippen molar-refractivity contribution in [2.45, 2.75) is 44.8 Å². The van der Waals surface area contributed by atoms with E-state index in [2.05, 4.69) is 47.4 Å². The number of amides is 1. The molecule has 1 amide bonds. The molecule has 0 aromatic carbocycles. The first-order valence-corrected chi connectivity index (χ1v) is 7.51. The molecule has 0 spiro atoms. The van der Waals surface area contributed by atoms with Crippen molar-refractivity contribution < 1.29 is 9.53 Å². The summed E-state index contributed by atoms with van der Waals surface area (Å²) < 4.78 is 6.58. The number of carbonyl (C=O) groups is 1. The minimum Gasteiger partial charge on any atom is -0.444 e. The van der Waals surface area contributed by atoms with Crippen molar-refractivity contribution in [1.29, 1.82) is 0 Å². The summed E-state index contributed by atoms with van der Waals surface area (Å²) >= 11 is 6.66. The van der Waals surface area contributed by atoms with Gasteiger partial charge in [-0.05, 0) is 71.5 Å². The average molecular weight is 393 g/mol. The van der Waals surface area contributed by atoms with Gasteiger partial charge in [0.25, 0.3) is 0 Å². The number of rotatable bonds is 2. The number of hydrogen-bond donors (Lipinski definition) is 1. The van der Waals surface area contributed by atoms with Gasteiger partial charge in [-0.15, -0.1) is 10.2 Å². The maximum atomic E-state index is 11.9. The lowest BCUT2D eigenvalue weighted by atomic mass is 10.1. The third kappa shape index (κ3) is 3.66. The van der Waals surface area contributed by atoms with Crippen LogP contribution in [0.4, 0.5) is 4.79 Å². The molecule has 0 aliphatic heterocycles. The summed E-state index contributed by atoms with van der Waals surface area (Å²) in [4.78, 5) is 11.9. The molecule has 1 aliphatic carbocycles. The molecule has 1 fully saturated rings. The van der Waals surface area contributed by atoms with Gasteiger partial charge in [0.1, 0.15) is 14.8 Å². The SMILES string of the molecule is CC(C)(C)OC(=O)NC1(c2cc(Br)nnc2Br)CC1. The van der Waals surface area contributed by atoms with E-state index in [0.29, 0.717) is 9.21 Å². The van der Waals surface area contributed by atoms with Crippen molar-refractivity contribution >= 4 is 38.0 Å². The number of alkyl carbamates (subject to hydrolysis) is 1. The van der Waals surface area contributed by atoms with E-state index in [0.717, 1.165) is 18.4 Å². The molecule has 1 N–H and O–H groups in total. The van der Waals surface area contributed by atoms with Crippen molar-refractivity contribution in [2.24, 2.45) is 0 Å². The van der Waals surface area contributed by atoms with Gasteiger partial charge >= 0.3 is 6.09 Å². The van der Waals surface area contributed by atoms with Gasteiger partial charge < -0.3 is 10.1 Å². The van der Waals surface area contributed by atoms with Gasteiger partial charge in [-0.25, -0.2) is 4.79 Å². The maximum absolute atomic E-state index is 11.9. The van der Waals surface area contributed by atoms with Crippen LogP contribution in [0.3, 0.4) is 0 Å². The first kappa shape index (κ1) is 14.7. The zero-order valence-electron chi connectivity index (χ0n) is 11.0. The molecule has 0 unspecified atom stereocenters. The van der Waals surface area contributed by atoms with E-state index in [-0.39, 0.29) is 5.54 Å². The molecule has 0 saturated heterocycles. The fourth-order valence-electron chi connectivity index (χ4n) is 1.77. The van der Waals surface area contributed by atoms with Crippen LogP contribution in [0.1, 0.15) is 39.2 Å². The molecule has 104 valence electrons. The minimum absolute atomic E-state index is 0.389. The fourth-order valence-corrected chi connectivity index (χ4v) is 2.66. The minimum atomic E-state index is -0.505. The number of hydrogen-bond acceptors (Lipinski definition) is 4. The van der Waals surface area contributed by atoms with Crippen LogP contribution in [-0.4, -0.2) is 21.9 Å². The summed E-state index contributed by atoms with van der Waals surface area (Å²) in [7, 11) is 0. The van der Waals surface area contributed by atoms with E-state index >= 15 is 0 Å². The van der Waals surface area contributed by atoms with Gasteiger partial charge in [0.05, 0.1) is 5.54 Å². The summed E-state index contributed by atoms with van der Waals surface area (Å²) in [5.74, 6) is 0. The second-order valence-electron chi connectivity index (χ2n) is 5.58. The highest BCUT2D eigenvalue weighted by Crippen LogP contribution is 2.48. The highest BCUT2D eigenvalue weighted by molar-refractivity contribution is 9.10. The van der Waals surface area contributed by atoms with Crippen LogP contribution in [0.15, 0.2) is 15.3 Å². The molecule has 19 heavy (non-hydrogen) atoms. The monoisotopic (exact) mass is 391 g/mol. The van der Waals surface area contributed by atoms with Crippen LogP contribution in [-0.2, 0) is 10.3 Å². The van der Waals surface area contributed by atoms with Gasteiger partial charge in [0, 0.05) is 5.56 Å². The van der Waals surface area contributed by atoms with Crippen LogP contribution < -0.4 is 5.32 Å². The number of carbonyl (C=O) groups excluding carboxylic acids is 1. The number of halogens is 2. The first-order chi connectivity index (χ1) is 8.72. The Morgan fingerprint density at radius 2 is 2.00 bits per heavy atom. The van der Waals surface area contributed by atoms with E-state index in [1.165, 1.54) is 0 Å². The van der Waals surface area contributed by atoms with E-state index in [1.54, 1.807) is 0 Å². The second kappa shape index (κ2) is 5.01. The summed E-state index contributed by atoms with van der Waals surface area (Å²) in [5.41, 5.74) is 0.0221. The van der Waals surface area contributed by atoms with Gasteiger partial charge in [-0.3, -0.25) is 0 Å². The molecule has 1 aromatic rings. The quantitative estimate of drug-likeness (QED) is 0.836. The summed E-state index contributed by atoms with van der Waals surface area (Å²) in [6.07, 6.45) is 1.32. The Morgan fingerprint density at radius 1 is 1.37 bits per heavy atom. The Morgan fingerprint density at radius 3 is 2.53 bits per heavy atom. The smallest absolute Gasteiger partial charge is 0.408 e. The predicted octanol–water partition coefficient (Wildman–Crippen LogP) is 3.52. The number of nitrogens with zero attached hydrogens (tertiary/aromatic N) is 2. The highest BCUT2D eigenvalue weighted by Gasteiger charge is 2.48. The molecular weight excluding hydrogens is 378 g/mol. The van der Waals surface area contributed by atoms with Crippen LogP contribution in [0.25, 0.3) is 0 Å². The Balaban J connectivity index is 2.15. The third-order valence-corrected chi connectivity index (χ3v) is 3.70. The lowest BCUT2D eigenvalue weighted by molar-refractivity contribution is 0.0495. The molecule has 0 radical (unpaired) electrons. The molecule has 0 bridgehead atoms. The summed E-state index contributed by atoms with van der Waals surface area (Å²) in [6, 6.07) is 1.86. The zero-order valence-corrected chi connectivity index (χ0v) is 14.1. The lowest BCUT2D eigenvalue weighted by Gasteiger charge is -2.24. The standard InChI is InChI=1S/C12H15Br2N3O2/c1-11(2,3)19-10(18)15-12(4-5-12)7-6-8(13)16-17-9(7)14/h6H,4-5H2,1-3H3,(H,15,18). The molecule has 1 aliphatic rings.